The molecule has 0 atom stereocenters. The highest BCUT2D eigenvalue weighted by Crippen LogP contribution is 2.31. The molecule has 31 heavy (non-hydrogen) atoms. The number of rotatable bonds is 6. The summed E-state index contributed by atoms with van der Waals surface area (Å²) in [5.41, 5.74) is 1.18. The summed E-state index contributed by atoms with van der Waals surface area (Å²) in [7, 11) is -3.33. The molecule has 1 aromatic heterocycles. The van der Waals surface area contributed by atoms with E-state index in [1.807, 2.05) is 0 Å². The molecule has 3 aromatic rings. The minimum Gasteiger partial charge on any atom is -0.379 e. The van der Waals surface area contributed by atoms with E-state index >= 15 is 0 Å². The minimum atomic E-state index is -3.33. The van der Waals surface area contributed by atoms with Crippen molar-refractivity contribution in [1.82, 2.24) is 9.88 Å². The lowest BCUT2D eigenvalue weighted by molar-refractivity contribution is 0.0391. The number of anilines is 1. The molecule has 0 radical (unpaired) electrons. The van der Waals surface area contributed by atoms with E-state index in [1.165, 1.54) is 17.6 Å². The Labute approximate surface area is 190 Å². The van der Waals surface area contributed by atoms with Gasteiger partial charge in [0.1, 0.15) is 0 Å². The molecule has 0 saturated carbocycles. The first-order chi connectivity index (χ1) is 14.8. The summed E-state index contributed by atoms with van der Waals surface area (Å²) in [6, 6.07) is 11.6. The molecule has 0 spiro atoms. The number of morpholine rings is 1. The van der Waals surface area contributed by atoms with Crippen LogP contribution in [0.2, 0.25) is 5.02 Å². The zero-order valence-corrected chi connectivity index (χ0v) is 19.3. The lowest BCUT2D eigenvalue weighted by atomic mass is 10.2. The smallest absolute Gasteiger partial charge is 0.260 e. The Morgan fingerprint density at radius 2 is 1.90 bits per heavy atom. The number of nitrogens with zero attached hydrogens (tertiary/aromatic N) is 3. The quantitative estimate of drug-likeness (QED) is 0.539. The van der Waals surface area contributed by atoms with Gasteiger partial charge in [-0.05, 0) is 42.5 Å². The standard InChI is InChI=1S/C21H22ClN3O4S2/c1-31(27,28)17-6-7-18-19(14-17)30-21(23-18)25(9-8-24-10-12-29-13-11-24)20(26)15-2-4-16(22)5-3-15/h2-7,14H,8-13H2,1H3. The van der Waals surface area contributed by atoms with E-state index in [0.29, 0.717) is 47.5 Å². The highest BCUT2D eigenvalue weighted by molar-refractivity contribution is 7.90. The number of hydrogen-bond acceptors (Lipinski definition) is 7. The highest BCUT2D eigenvalue weighted by Gasteiger charge is 2.23. The van der Waals surface area contributed by atoms with Gasteiger partial charge in [0.15, 0.2) is 15.0 Å². The number of carbonyl (C=O) groups excluding carboxylic acids is 1. The van der Waals surface area contributed by atoms with E-state index in [2.05, 4.69) is 9.88 Å². The third-order valence-electron chi connectivity index (χ3n) is 5.09. The second-order valence-corrected chi connectivity index (χ2v) is 10.8. The third-order valence-corrected chi connectivity index (χ3v) is 7.49. The van der Waals surface area contributed by atoms with Crippen LogP contribution in [0.3, 0.4) is 0 Å². The lowest BCUT2D eigenvalue weighted by Gasteiger charge is -2.29. The summed E-state index contributed by atoms with van der Waals surface area (Å²) in [4.78, 5) is 22.1. The van der Waals surface area contributed by atoms with Gasteiger partial charge in [-0.25, -0.2) is 13.4 Å². The lowest BCUT2D eigenvalue weighted by Crippen LogP contribution is -2.43. The molecule has 0 N–H and O–H groups in total. The van der Waals surface area contributed by atoms with Crippen molar-refractivity contribution in [3.63, 3.8) is 0 Å². The van der Waals surface area contributed by atoms with E-state index in [4.69, 9.17) is 16.3 Å². The van der Waals surface area contributed by atoms with E-state index in [0.717, 1.165) is 17.8 Å². The van der Waals surface area contributed by atoms with Crippen LogP contribution < -0.4 is 4.90 Å². The molecule has 2 aromatic carbocycles. The largest absolute Gasteiger partial charge is 0.379 e. The number of sulfone groups is 1. The van der Waals surface area contributed by atoms with Gasteiger partial charge in [-0.2, -0.15) is 0 Å². The van der Waals surface area contributed by atoms with Crippen molar-refractivity contribution < 1.29 is 17.9 Å². The van der Waals surface area contributed by atoms with Gasteiger partial charge >= 0.3 is 0 Å². The first-order valence-corrected chi connectivity index (χ1v) is 12.9. The topological polar surface area (TPSA) is 79.8 Å². The fourth-order valence-electron chi connectivity index (χ4n) is 3.34. The zero-order chi connectivity index (χ0) is 22.0. The Balaban J connectivity index is 1.66. The minimum absolute atomic E-state index is 0.174. The molecule has 1 amide bonds. The Bertz CT molecular complexity index is 1190. The first kappa shape index (κ1) is 22.2. The second-order valence-electron chi connectivity index (χ2n) is 7.32. The van der Waals surface area contributed by atoms with Gasteiger partial charge in [-0.1, -0.05) is 22.9 Å². The van der Waals surface area contributed by atoms with Crippen LogP contribution in [0.25, 0.3) is 10.2 Å². The summed E-state index contributed by atoms with van der Waals surface area (Å²) in [5, 5.41) is 1.10. The van der Waals surface area contributed by atoms with Gasteiger partial charge < -0.3 is 4.74 Å². The molecule has 1 saturated heterocycles. The maximum atomic E-state index is 13.3. The van der Waals surface area contributed by atoms with E-state index in [1.54, 1.807) is 47.4 Å². The maximum Gasteiger partial charge on any atom is 0.260 e. The average molecular weight is 480 g/mol. The monoisotopic (exact) mass is 479 g/mol. The average Bonchev–Trinajstić information content (AvgIpc) is 3.17. The predicted octanol–water partition coefficient (Wildman–Crippen LogP) is 3.33. The van der Waals surface area contributed by atoms with Crippen LogP contribution in [0.4, 0.5) is 5.13 Å². The van der Waals surface area contributed by atoms with Crippen molar-refractivity contribution in [1.29, 1.82) is 0 Å². The number of halogens is 1. The van der Waals surface area contributed by atoms with Gasteiger partial charge in [0.2, 0.25) is 0 Å². The Hall–Kier alpha value is -2.04. The molecule has 1 fully saturated rings. The van der Waals surface area contributed by atoms with Gasteiger partial charge in [0, 0.05) is 43.0 Å². The number of benzene rings is 2. The van der Waals surface area contributed by atoms with Crippen LogP contribution in [-0.2, 0) is 14.6 Å². The number of hydrogen-bond donors (Lipinski definition) is 0. The molecule has 1 aliphatic heterocycles. The fourth-order valence-corrected chi connectivity index (χ4v) is 5.21. The van der Waals surface area contributed by atoms with Crippen molar-refractivity contribution >= 4 is 54.0 Å². The van der Waals surface area contributed by atoms with Gasteiger partial charge in [-0.3, -0.25) is 14.6 Å². The molecule has 0 aliphatic carbocycles. The molecular formula is C21H22ClN3O4S2. The highest BCUT2D eigenvalue weighted by atomic mass is 35.5. The SMILES string of the molecule is CS(=O)(=O)c1ccc2nc(N(CCN3CCOCC3)C(=O)c3ccc(Cl)cc3)sc2c1. The Morgan fingerprint density at radius 3 is 2.58 bits per heavy atom. The molecule has 0 unspecified atom stereocenters. The van der Waals surface area contributed by atoms with Crippen molar-refractivity contribution in [2.45, 2.75) is 4.90 Å². The Morgan fingerprint density at radius 1 is 1.19 bits per heavy atom. The number of amides is 1. The fraction of sp³-hybridized carbons (Fsp3) is 0.333. The maximum absolute atomic E-state index is 13.3. The van der Waals surface area contributed by atoms with Crippen LogP contribution in [0.1, 0.15) is 10.4 Å². The van der Waals surface area contributed by atoms with Crippen LogP contribution >= 0.6 is 22.9 Å². The van der Waals surface area contributed by atoms with Gasteiger partial charge in [0.05, 0.1) is 28.3 Å². The summed E-state index contributed by atoms with van der Waals surface area (Å²) in [6.45, 7) is 4.15. The van der Waals surface area contributed by atoms with Crippen molar-refractivity contribution in [3.8, 4) is 0 Å². The van der Waals surface area contributed by atoms with Crippen LogP contribution in [0.15, 0.2) is 47.4 Å². The summed E-state index contributed by atoms with van der Waals surface area (Å²) >= 11 is 7.29. The summed E-state index contributed by atoms with van der Waals surface area (Å²) in [5.74, 6) is -0.174. The molecule has 2 heterocycles. The van der Waals surface area contributed by atoms with E-state index < -0.39 is 9.84 Å². The molecule has 7 nitrogen and oxygen atoms in total. The molecular weight excluding hydrogens is 458 g/mol. The van der Waals surface area contributed by atoms with Crippen LogP contribution in [0, 0.1) is 0 Å². The molecule has 4 rings (SSSR count). The predicted molar refractivity (Wildman–Crippen MR) is 123 cm³/mol. The number of ether oxygens (including phenoxy) is 1. The van der Waals surface area contributed by atoms with Crippen LogP contribution in [0.5, 0.6) is 0 Å². The normalized spacial score (nSPS) is 15.3. The number of fused-ring (bicyclic) bond motifs is 1. The van der Waals surface area contributed by atoms with Gasteiger partial charge in [0.25, 0.3) is 5.91 Å². The molecule has 0 bridgehead atoms. The number of thiazole rings is 1. The molecule has 164 valence electrons. The summed E-state index contributed by atoms with van der Waals surface area (Å²) < 4.78 is 29.9. The number of aromatic nitrogens is 1. The third kappa shape index (κ3) is 5.24. The first-order valence-electron chi connectivity index (χ1n) is 9.79. The molecule has 10 heteroatoms. The number of carbonyl (C=O) groups is 1. The van der Waals surface area contributed by atoms with Crippen molar-refractivity contribution in [3.05, 3.63) is 53.1 Å². The second kappa shape index (κ2) is 9.22. The zero-order valence-electron chi connectivity index (χ0n) is 17.0. The summed E-state index contributed by atoms with van der Waals surface area (Å²) in [6.07, 6.45) is 1.18. The van der Waals surface area contributed by atoms with E-state index in [-0.39, 0.29) is 10.8 Å². The Kier molecular flexibility index (Phi) is 6.59. The van der Waals surface area contributed by atoms with Crippen LogP contribution in [-0.4, -0.2) is 69.9 Å². The van der Waals surface area contributed by atoms with Crippen molar-refractivity contribution in [2.24, 2.45) is 0 Å². The van der Waals surface area contributed by atoms with E-state index in [9.17, 15) is 13.2 Å². The molecule has 1 aliphatic rings. The van der Waals surface area contributed by atoms with Gasteiger partial charge in [-0.15, -0.1) is 0 Å². The van der Waals surface area contributed by atoms with Crippen molar-refractivity contribution in [2.75, 3.05) is 50.5 Å².